The second-order valence-corrected chi connectivity index (χ2v) is 4.82. The van der Waals surface area contributed by atoms with Crippen LogP contribution in [0.2, 0.25) is 0 Å². The predicted molar refractivity (Wildman–Crippen MR) is 76.2 cm³/mol. The molecule has 7 heteroatoms. The Balaban J connectivity index is 0.000000315. The Kier molecular flexibility index (Phi) is 6.64. The molecule has 1 aromatic rings. The van der Waals surface area contributed by atoms with Crippen LogP contribution in [0.4, 0.5) is 0 Å². The lowest BCUT2D eigenvalue weighted by Crippen LogP contribution is -2.43. The van der Waals surface area contributed by atoms with E-state index in [1.54, 1.807) is 6.07 Å². The minimum atomic E-state index is -1.82. The summed E-state index contributed by atoms with van der Waals surface area (Å²) in [6, 6.07) is 7.59. The molecule has 7 nitrogen and oxygen atoms in total. The van der Waals surface area contributed by atoms with E-state index in [4.69, 9.17) is 19.8 Å². The maximum Gasteiger partial charge on any atom is 0.414 e. The molecule has 0 aliphatic carbocycles. The van der Waals surface area contributed by atoms with Gasteiger partial charge in [0, 0.05) is 38.3 Å². The molecule has 0 amide bonds. The highest BCUT2D eigenvalue weighted by Crippen LogP contribution is 2.18. The third-order valence-electron chi connectivity index (χ3n) is 3.16. The van der Waals surface area contributed by atoms with Crippen molar-refractivity contribution in [2.45, 2.75) is 6.54 Å². The molecule has 0 radical (unpaired) electrons. The molecule has 0 saturated carbocycles. The quantitative estimate of drug-likeness (QED) is 0.674. The van der Waals surface area contributed by atoms with Gasteiger partial charge in [-0.1, -0.05) is 18.2 Å². The zero-order valence-corrected chi connectivity index (χ0v) is 11.9. The fraction of sp³-hybridized carbons (Fsp3) is 0.429. The molecular weight excluding hydrogens is 276 g/mol. The number of aliphatic carboxylic acids is 2. The summed E-state index contributed by atoms with van der Waals surface area (Å²) in [4.78, 5) is 22.9. The van der Waals surface area contributed by atoms with Crippen LogP contribution >= 0.6 is 0 Å². The number of hydrogen-bond donors (Lipinski definition) is 3. The minimum Gasteiger partial charge on any atom is -0.508 e. The zero-order chi connectivity index (χ0) is 15.8. The molecule has 1 aliphatic rings. The Morgan fingerprint density at radius 3 is 2.05 bits per heavy atom. The van der Waals surface area contributed by atoms with Crippen LogP contribution in [0.1, 0.15) is 5.56 Å². The Morgan fingerprint density at radius 1 is 1.05 bits per heavy atom. The Bertz CT molecular complexity index is 472. The summed E-state index contributed by atoms with van der Waals surface area (Å²) in [5.41, 5.74) is 1.03. The zero-order valence-electron chi connectivity index (χ0n) is 11.9. The van der Waals surface area contributed by atoms with Gasteiger partial charge >= 0.3 is 11.9 Å². The second-order valence-electron chi connectivity index (χ2n) is 4.82. The SMILES string of the molecule is CN1CCN(Cc2ccccc2O)CC1.O=C(O)C(=O)O. The molecule has 0 spiro atoms. The molecule has 1 fully saturated rings. The molecule has 2 rings (SSSR count). The summed E-state index contributed by atoms with van der Waals surface area (Å²) in [6.07, 6.45) is 0. The van der Waals surface area contributed by atoms with Gasteiger partial charge in [-0.25, -0.2) is 9.59 Å². The topological polar surface area (TPSA) is 101 Å². The molecule has 0 unspecified atom stereocenters. The summed E-state index contributed by atoms with van der Waals surface area (Å²) < 4.78 is 0. The fourth-order valence-corrected chi connectivity index (χ4v) is 1.89. The Morgan fingerprint density at radius 2 is 1.57 bits per heavy atom. The van der Waals surface area contributed by atoms with Crippen molar-refractivity contribution in [2.75, 3.05) is 33.2 Å². The van der Waals surface area contributed by atoms with Crippen molar-refractivity contribution >= 4 is 11.9 Å². The van der Waals surface area contributed by atoms with Crippen molar-refractivity contribution in [1.29, 1.82) is 0 Å². The Hall–Kier alpha value is -2.12. The van der Waals surface area contributed by atoms with E-state index >= 15 is 0 Å². The van der Waals surface area contributed by atoms with Gasteiger partial charge < -0.3 is 20.2 Å². The van der Waals surface area contributed by atoms with Crippen LogP contribution in [0, 0.1) is 0 Å². The molecule has 116 valence electrons. The first-order valence-electron chi connectivity index (χ1n) is 6.54. The molecule has 1 aliphatic heterocycles. The average Bonchev–Trinajstić information content (AvgIpc) is 2.44. The minimum absolute atomic E-state index is 0.413. The van der Waals surface area contributed by atoms with Crippen molar-refractivity contribution < 1.29 is 24.9 Å². The molecule has 1 heterocycles. The van der Waals surface area contributed by atoms with Gasteiger partial charge in [0.2, 0.25) is 0 Å². The number of carbonyl (C=O) groups is 2. The first-order chi connectivity index (χ1) is 9.90. The molecule has 0 atom stereocenters. The molecule has 21 heavy (non-hydrogen) atoms. The van der Waals surface area contributed by atoms with Gasteiger partial charge in [0.1, 0.15) is 5.75 Å². The van der Waals surface area contributed by atoms with Crippen molar-refractivity contribution in [1.82, 2.24) is 9.80 Å². The Labute approximate surface area is 123 Å². The number of phenols is 1. The third-order valence-corrected chi connectivity index (χ3v) is 3.16. The van der Waals surface area contributed by atoms with E-state index in [-0.39, 0.29) is 0 Å². The summed E-state index contributed by atoms with van der Waals surface area (Å²) >= 11 is 0. The molecule has 3 N–H and O–H groups in total. The van der Waals surface area contributed by atoms with E-state index in [9.17, 15) is 5.11 Å². The van der Waals surface area contributed by atoms with E-state index < -0.39 is 11.9 Å². The number of benzene rings is 1. The number of aromatic hydroxyl groups is 1. The number of rotatable bonds is 2. The van der Waals surface area contributed by atoms with Crippen LogP contribution in [-0.2, 0) is 16.1 Å². The van der Waals surface area contributed by atoms with Crippen LogP contribution in [-0.4, -0.2) is 70.3 Å². The van der Waals surface area contributed by atoms with Gasteiger partial charge in [0.15, 0.2) is 0 Å². The molecular formula is C14H20N2O5. The standard InChI is InChI=1S/C12H18N2O.C2H2O4/c1-13-6-8-14(9-7-13)10-11-4-2-3-5-12(11)15;3-1(4)2(5)6/h2-5,15H,6-10H2,1H3;(H,3,4)(H,5,6). The van der Waals surface area contributed by atoms with Gasteiger partial charge in [-0.3, -0.25) is 4.90 Å². The molecule has 0 aromatic heterocycles. The van der Waals surface area contributed by atoms with Crippen molar-refractivity contribution in [2.24, 2.45) is 0 Å². The van der Waals surface area contributed by atoms with Crippen LogP contribution < -0.4 is 0 Å². The normalized spacial score (nSPS) is 15.9. The van der Waals surface area contributed by atoms with Crippen LogP contribution in [0.15, 0.2) is 24.3 Å². The van der Waals surface area contributed by atoms with Crippen molar-refractivity contribution in [3.05, 3.63) is 29.8 Å². The largest absolute Gasteiger partial charge is 0.508 e. The predicted octanol–water partition coefficient (Wildman–Crippen LogP) is 0.295. The van der Waals surface area contributed by atoms with Gasteiger partial charge in [0.25, 0.3) is 0 Å². The van der Waals surface area contributed by atoms with Crippen LogP contribution in [0.25, 0.3) is 0 Å². The first-order valence-corrected chi connectivity index (χ1v) is 6.54. The lowest BCUT2D eigenvalue weighted by Gasteiger charge is -2.32. The fourth-order valence-electron chi connectivity index (χ4n) is 1.89. The lowest BCUT2D eigenvalue weighted by atomic mass is 10.2. The van der Waals surface area contributed by atoms with E-state index in [0.29, 0.717) is 5.75 Å². The van der Waals surface area contributed by atoms with E-state index in [0.717, 1.165) is 38.3 Å². The number of piperazine rings is 1. The number of nitrogens with zero attached hydrogens (tertiary/aromatic N) is 2. The summed E-state index contributed by atoms with van der Waals surface area (Å²) in [6.45, 7) is 5.28. The summed E-state index contributed by atoms with van der Waals surface area (Å²) in [5, 5.41) is 24.4. The van der Waals surface area contributed by atoms with Crippen molar-refractivity contribution in [3.8, 4) is 5.75 Å². The highest BCUT2D eigenvalue weighted by atomic mass is 16.4. The highest BCUT2D eigenvalue weighted by Gasteiger charge is 2.14. The average molecular weight is 296 g/mol. The first kappa shape index (κ1) is 16.9. The van der Waals surface area contributed by atoms with Crippen molar-refractivity contribution in [3.63, 3.8) is 0 Å². The number of carboxylic acids is 2. The van der Waals surface area contributed by atoms with Gasteiger partial charge in [-0.05, 0) is 13.1 Å². The van der Waals surface area contributed by atoms with Crippen LogP contribution in [0.5, 0.6) is 5.75 Å². The highest BCUT2D eigenvalue weighted by molar-refractivity contribution is 6.27. The van der Waals surface area contributed by atoms with E-state index in [2.05, 4.69) is 16.8 Å². The van der Waals surface area contributed by atoms with Crippen LogP contribution in [0.3, 0.4) is 0 Å². The van der Waals surface area contributed by atoms with E-state index in [1.165, 1.54) is 0 Å². The number of hydrogen-bond acceptors (Lipinski definition) is 5. The van der Waals surface area contributed by atoms with E-state index in [1.807, 2.05) is 18.2 Å². The molecule has 0 bridgehead atoms. The molecule has 1 saturated heterocycles. The second kappa shape index (κ2) is 8.23. The number of phenolic OH excluding ortho intramolecular Hbond substituents is 1. The molecule has 1 aromatic carbocycles. The summed E-state index contributed by atoms with van der Waals surface area (Å²) in [5.74, 6) is -3.23. The number of carboxylic acid groups (broad SMARTS) is 2. The lowest BCUT2D eigenvalue weighted by molar-refractivity contribution is -0.159. The van der Waals surface area contributed by atoms with Gasteiger partial charge in [-0.15, -0.1) is 0 Å². The van der Waals surface area contributed by atoms with Gasteiger partial charge in [0.05, 0.1) is 0 Å². The third kappa shape index (κ3) is 6.24. The summed E-state index contributed by atoms with van der Waals surface area (Å²) in [7, 11) is 2.15. The maximum atomic E-state index is 9.66. The monoisotopic (exact) mass is 296 g/mol. The number of para-hydroxylation sites is 1. The smallest absolute Gasteiger partial charge is 0.414 e. The number of likely N-dealkylation sites (N-methyl/N-ethyl adjacent to an activating group) is 1. The van der Waals surface area contributed by atoms with Gasteiger partial charge in [-0.2, -0.15) is 0 Å². The maximum absolute atomic E-state index is 9.66.